The van der Waals surface area contributed by atoms with Gasteiger partial charge in [-0.05, 0) is 31.0 Å². The smallest absolute Gasteiger partial charge is 0.226 e. The Hall–Kier alpha value is -2.28. The minimum Gasteiger partial charge on any atom is -0.353 e. The molecule has 1 amide bonds. The summed E-state index contributed by atoms with van der Waals surface area (Å²) in [6.07, 6.45) is 4.05. The van der Waals surface area contributed by atoms with Crippen LogP contribution in [0.25, 0.3) is 10.6 Å². The summed E-state index contributed by atoms with van der Waals surface area (Å²) in [6, 6.07) is 13.9. The molecule has 2 aromatic heterocycles. The zero-order chi connectivity index (χ0) is 20.1. The van der Waals surface area contributed by atoms with Crippen LogP contribution in [0.5, 0.6) is 0 Å². The van der Waals surface area contributed by atoms with Crippen molar-refractivity contribution in [3.63, 3.8) is 0 Å². The lowest BCUT2D eigenvalue weighted by molar-refractivity contribution is -0.121. The van der Waals surface area contributed by atoms with Crippen LogP contribution < -0.4 is 5.32 Å². The Labute approximate surface area is 179 Å². The van der Waals surface area contributed by atoms with Crippen LogP contribution in [-0.4, -0.2) is 39.9 Å². The van der Waals surface area contributed by atoms with Crippen LogP contribution in [0, 0.1) is 0 Å². The van der Waals surface area contributed by atoms with E-state index in [4.69, 9.17) is 11.6 Å². The lowest BCUT2D eigenvalue weighted by Gasteiger charge is -2.32. The Morgan fingerprint density at radius 1 is 1.14 bits per heavy atom. The van der Waals surface area contributed by atoms with Gasteiger partial charge in [-0.3, -0.25) is 14.7 Å². The van der Waals surface area contributed by atoms with Gasteiger partial charge in [0, 0.05) is 42.8 Å². The lowest BCUT2D eigenvalue weighted by atomic mass is 10.0. The average Bonchev–Trinajstić information content (AvgIpc) is 3.18. The highest BCUT2D eigenvalue weighted by molar-refractivity contribution is 7.13. The van der Waals surface area contributed by atoms with Gasteiger partial charge in [-0.25, -0.2) is 4.98 Å². The second-order valence-electron chi connectivity index (χ2n) is 7.24. The number of amides is 1. The Kier molecular flexibility index (Phi) is 6.54. The fourth-order valence-electron chi connectivity index (χ4n) is 3.55. The number of nitrogens with zero attached hydrogens (tertiary/aromatic N) is 3. The molecular formula is C22H23ClN4OS. The first kappa shape index (κ1) is 20.0. The van der Waals surface area contributed by atoms with Crippen molar-refractivity contribution in [3.8, 4) is 10.6 Å². The third-order valence-corrected chi connectivity index (χ3v) is 6.32. The second-order valence-corrected chi connectivity index (χ2v) is 8.50. The summed E-state index contributed by atoms with van der Waals surface area (Å²) in [4.78, 5) is 23.8. The molecule has 3 heterocycles. The van der Waals surface area contributed by atoms with Crippen molar-refractivity contribution in [2.24, 2.45) is 0 Å². The number of nitrogens with one attached hydrogen (secondary N) is 1. The number of hydrogen-bond acceptors (Lipinski definition) is 5. The average molecular weight is 427 g/mol. The number of pyridine rings is 1. The van der Waals surface area contributed by atoms with E-state index in [0.717, 1.165) is 54.4 Å². The van der Waals surface area contributed by atoms with Crippen LogP contribution in [0.3, 0.4) is 0 Å². The van der Waals surface area contributed by atoms with Crippen molar-refractivity contribution in [1.82, 2.24) is 20.2 Å². The number of halogens is 1. The van der Waals surface area contributed by atoms with Crippen molar-refractivity contribution in [2.45, 2.75) is 31.8 Å². The maximum absolute atomic E-state index is 12.5. The van der Waals surface area contributed by atoms with E-state index in [-0.39, 0.29) is 11.9 Å². The molecule has 5 nitrogen and oxygen atoms in total. The van der Waals surface area contributed by atoms with E-state index in [1.165, 1.54) is 11.3 Å². The molecule has 0 atom stereocenters. The second kappa shape index (κ2) is 9.48. The van der Waals surface area contributed by atoms with E-state index in [1.54, 1.807) is 0 Å². The molecular weight excluding hydrogens is 404 g/mol. The number of piperidine rings is 1. The maximum atomic E-state index is 12.5. The van der Waals surface area contributed by atoms with E-state index in [9.17, 15) is 4.79 Å². The molecule has 150 valence electrons. The Balaban J connectivity index is 1.25. The van der Waals surface area contributed by atoms with Gasteiger partial charge < -0.3 is 5.32 Å². The summed E-state index contributed by atoms with van der Waals surface area (Å²) in [5.74, 6) is 0.0317. The molecule has 0 radical (unpaired) electrons. The SMILES string of the molecule is O=C(Cc1csc(-c2ccccc2Cl)n1)NC1CCN(Cc2ccccn2)CC1. The number of aromatic nitrogens is 2. The van der Waals surface area contributed by atoms with E-state index >= 15 is 0 Å². The zero-order valence-electron chi connectivity index (χ0n) is 16.1. The van der Waals surface area contributed by atoms with Crippen LogP contribution in [-0.2, 0) is 17.8 Å². The minimum atomic E-state index is 0.0317. The molecule has 1 fully saturated rings. The monoisotopic (exact) mass is 426 g/mol. The Morgan fingerprint density at radius 3 is 2.69 bits per heavy atom. The first-order valence-electron chi connectivity index (χ1n) is 9.78. The summed E-state index contributed by atoms with van der Waals surface area (Å²) in [6.45, 7) is 2.80. The van der Waals surface area contributed by atoms with Gasteiger partial charge in [0.25, 0.3) is 0 Å². The van der Waals surface area contributed by atoms with Crippen molar-refractivity contribution in [3.05, 3.63) is 70.5 Å². The predicted octanol–water partition coefficient (Wildman–Crippen LogP) is 4.18. The largest absolute Gasteiger partial charge is 0.353 e. The highest BCUT2D eigenvalue weighted by Crippen LogP contribution is 2.30. The van der Waals surface area contributed by atoms with Crippen LogP contribution in [0.4, 0.5) is 0 Å². The molecule has 1 aromatic carbocycles. The van der Waals surface area contributed by atoms with Crippen molar-refractivity contribution in [1.29, 1.82) is 0 Å². The van der Waals surface area contributed by atoms with Crippen molar-refractivity contribution >= 4 is 28.8 Å². The number of hydrogen-bond donors (Lipinski definition) is 1. The third kappa shape index (κ3) is 5.41. The third-order valence-electron chi connectivity index (χ3n) is 5.06. The van der Waals surface area contributed by atoms with Crippen molar-refractivity contribution in [2.75, 3.05) is 13.1 Å². The highest BCUT2D eigenvalue weighted by Gasteiger charge is 2.21. The number of rotatable bonds is 6. The number of benzene rings is 1. The van der Waals surface area contributed by atoms with Gasteiger partial charge in [-0.2, -0.15) is 0 Å². The van der Waals surface area contributed by atoms with Gasteiger partial charge in [-0.15, -0.1) is 11.3 Å². The normalized spacial score (nSPS) is 15.3. The van der Waals surface area contributed by atoms with Gasteiger partial charge in [0.2, 0.25) is 5.91 Å². The first-order chi connectivity index (χ1) is 14.2. The Bertz CT molecular complexity index is 954. The molecule has 1 N–H and O–H groups in total. The maximum Gasteiger partial charge on any atom is 0.226 e. The summed E-state index contributed by atoms with van der Waals surface area (Å²) < 4.78 is 0. The highest BCUT2D eigenvalue weighted by atomic mass is 35.5. The molecule has 1 aliphatic rings. The van der Waals surface area contributed by atoms with Crippen LogP contribution in [0.15, 0.2) is 54.0 Å². The standard InChI is InChI=1S/C22H23ClN4OS/c23-20-7-2-1-6-19(20)22-26-18(15-29-22)13-21(28)25-16-8-11-27(12-9-16)14-17-5-3-4-10-24-17/h1-7,10,15-16H,8-9,11-14H2,(H,25,28). The first-order valence-corrected chi connectivity index (χ1v) is 11.0. The molecule has 7 heteroatoms. The van der Waals surface area contributed by atoms with Crippen molar-refractivity contribution < 1.29 is 4.79 Å². The molecule has 4 rings (SSSR count). The zero-order valence-corrected chi connectivity index (χ0v) is 17.6. The number of carbonyl (C=O) groups is 1. The molecule has 1 saturated heterocycles. The molecule has 0 unspecified atom stereocenters. The summed E-state index contributed by atoms with van der Waals surface area (Å²) in [5, 5.41) is 6.63. The van der Waals surface area contributed by atoms with E-state index in [2.05, 4.69) is 26.3 Å². The fourth-order valence-corrected chi connectivity index (χ4v) is 4.69. The van der Waals surface area contributed by atoms with Crippen LogP contribution in [0.2, 0.25) is 5.02 Å². The fraction of sp³-hybridized carbons (Fsp3) is 0.318. The molecule has 3 aromatic rings. The van der Waals surface area contributed by atoms with Gasteiger partial charge >= 0.3 is 0 Å². The van der Waals surface area contributed by atoms with E-state index in [0.29, 0.717) is 11.4 Å². The lowest BCUT2D eigenvalue weighted by Crippen LogP contribution is -2.44. The Morgan fingerprint density at radius 2 is 1.93 bits per heavy atom. The number of carbonyl (C=O) groups excluding carboxylic acids is 1. The minimum absolute atomic E-state index is 0.0317. The molecule has 1 aliphatic heterocycles. The molecule has 0 aliphatic carbocycles. The quantitative estimate of drug-likeness (QED) is 0.642. The van der Waals surface area contributed by atoms with Crippen LogP contribution >= 0.6 is 22.9 Å². The molecule has 0 spiro atoms. The number of likely N-dealkylation sites (tertiary alicyclic amines) is 1. The number of thiazole rings is 1. The topological polar surface area (TPSA) is 58.1 Å². The summed E-state index contributed by atoms with van der Waals surface area (Å²) in [7, 11) is 0. The summed E-state index contributed by atoms with van der Waals surface area (Å²) in [5.41, 5.74) is 2.79. The van der Waals surface area contributed by atoms with Crippen LogP contribution in [0.1, 0.15) is 24.2 Å². The molecule has 29 heavy (non-hydrogen) atoms. The van der Waals surface area contributed by atoms with Gasteiger partial charge in [0.15, 0.2) is 0 Å². The van der Waals surface area contributed by atoms with Gasteiger partial charge in [0.05, 0.1) is 22.8 Å². The molecule has 0 bridgehead atoms. The van der Waals surface area contributed by atoms with Gasteiger partial charge in [-0.1, -0.05) is 35.9 Å². The van der Waals surface area contributed by atoms with E-state index < -0.39 is 0 Å². The van der Waals surface area contributed by atoms with Gasteiger partial charge in [0.1, 0.15) is 5.01 Å². The summed E-state index contributed by atoms with van der Waals surface area (Å²) >= 11 is 7.76. The predicted molar refractivity (Wildman–Crippen MR) is 117 cm³/mol. The van der Waals surface area contributed by atoms with E-state index in [1.807, 2.05) is 48.0 Å². The molecule has 0 saturated carbocycles.